The summed E-state index contributed by atoms with van der Waals surface area (Å²) in [6, 6.07) is 3.89. The van der Waals surface area contributed by atoms with Gasteiger partial charge in [0, 0.05) is 56.7 Å². The van der Waals surface area contributed by atoms with Crippen LogP contribution in [0.25, 0.3) is 0 Å². The zero-order valence-electron chi connectivity index (χ0n) is 13.3. The van der Waals surface area contributed by atoms with Crippen LogP contribution in [-0.2, 0) is 6.54 Å². The second-order valence-corrected chi connectivity index (χ2v) is 5.98. The van der Waals surface area contributed by atoms with E-state index in [2.05, 4.69) is 23.6 Å². The number of anilines is 1. The summed E-state index contributed by atoms with van der Waals surface area (Å²) < 4.78 is 1.71. The van der Waals surface area contributed by atoms with Crippen LogP contribution in [0, 0.1) is 0 Å². The Morgan fingerprint density at radius 3 is 2.57 bits per heavy atom. The van der Waals surface area contributed by atoms with Crippen molar-refractivity contribution in [1.82, 2.24) is 14.4 Å². The first-order chi connectivity index (χ1) is 10.1. The van der Waals surface area contributed by atoms with Crippen LogP contribution in [0.5, 0.6) is 0 Å². The second kappa shape index (κ2) is 7.61. The van der Waals surface area contributed by atoms with Crippen molar-refractivity contribution in [3.05, 3.63) is 28.7 Å². The van der Waals surface area contributed by atoms with E-state index in [-0.39, 0.29) is 5.56 Å². The second-order valence-electron chi connectivity index (χ2n) is 5.98. The van der Waals surface area contributed by atoms with Crippen LogP contribution >= 0.6 is 0 Å². The summed E-state index contributed by atoms with van der Waals surface area (Å²) in [6.07, 6.45) is 3.95. The summed E-state index contributed by atoms with van der Waals surface area (Å²) in [5.41, 5.74) is 6.41. The normalized spacial score (nSPS) is 18.8. The van der Waals surface area contributed by atoms with Crippen molar-refractivity contribution in [3.63, 3.8) is 0 Å². The fourth-order valence-corrected chi connectivity index (χ4v) is 2.88. The van der Waals surface area contributed by atoms with Crippen LogP contribution in [0.1, 0.15) is 26.7 Å². The van der Waals surface area contributed by atoms with Gasteiger partial charge >= 0.3 is 0 Å². The van der Waals surface area contributed by atoms with Crippen molar-refractivity contribution >= 4 is 5.69 Å². The highest BCUT2D eigenvalue weighted by atomic mass is 16.1. The fraction of sp³-hybridized carbons (Fsp3) is 0.688. The van der Waals surface area contributed by atoms with Gasteiger partial charge in [0.1, 0.15) is 0 Å². The minimum atomic E-state index is 0.0331. The summed E-state index contributed by atoms with van der Waals surface area (Å²) in [4.78, 5) is 16.8. The Hall–Kier alpha value is -1.33. The Morgan fingerprint density at radius 2 is 1.90 bits per heavy atom. The van der Waals surface area contributed by atoms with E-state index in [0.29, 0.717) is 11.7 Å². The fourth-order valence-electron chi connectivity index (χ4n) is 2.88. The molecule has 1 saturated heterocycles. The van der Waals surface area contributed by atoms with Gasteiger partial charge in [0.15, 0.2) is 0 Å². The molecule has 1 unspecified atom stereocenters. The van der Waals surface area contributed by atoms with Gasteiger partial charge in [-0.1, -0.05) is 6.92 Å². The lowest BCUT2D eigenvalue weighted by molar-refractivity contribution is 0.0991. The molecule has 0 bridgehead atoms. The van der Waals surface area contributed by atoms with Gasteiger partial charge in [-0.2, -0.15) is 0 Å². The van der Waals surface area contributed by atoms with E-state index in [1.54, 1.807) is 22.9 Å². The van der Waals surface area contributed by atoms with Gasteiger partial charge in [-0.3, -0.25) is 9.69 Å². The molecule has 0 radical (unpaired) electrons. The molecule has 2 N–H and O–H groups in total. The molecule has 1 aromatic heterocycles. The van der Waals surface area contributed by atoms with E-state index < -0.39 is 0 Å². The van der Waals surface area contributed by atoms with Crippen molar-refractivity contribution in [3.8, 4) is 0 Å². The van der Waals surface area contributed by atoms with Gasteiger partial charge in [0.05, 0.1) is 0 Å². The number of hydrogen-bond acceptors (Lipinski definition) is 4. The average Bonchev–Trinajstić information content (AvgIpc) is 2.50. The molecule has 0 saturated carbocycles. The predicted molar refractivity (Wildman–Crippen MR) is 87.5 cm³/mol. The van der Waals surface area contributed by atoms with E-state index >= 15 is 0 Å². The predicted octanol–water partition coefficient (Wildman–Crippen LogP) is 1.24. The summed E-state index contributed by atoms with van der Waals surface area (Å²) >= 11 is 0. The molecular weight excluding hydrogens is 264 g/mol. The van der Waals surface area contributed by atoms with Crippen LogP contribution in [0.3, 0.4) is 0 Å². The number of nitrogen functional groups attached to an aromatic ring is 1. The molecule has 0 spiro atoms. The molecule has 5 nitrogen and oxygen atoms in total. The van der Waals surface area contributed by atoms with E-state index in [0.717, 1.165) is 45.7 Å². The quantitative estimate of drug-likeness (QED) is 0.857. The van der Waals surface area contributed by atoms with E-state index in [9.17, 15) is 4.79 Å². The van der Waals surface area contributed by atoms with E-state index in [1.807, 2.05) is 0 Å². The summed E-state index contributed by atoms with van der Waals surface area (Å²) in [6.45, 7) is 10.9. The Morgan fingerprint density at radius 1 is 1.19 bits per heavy atom. The number of aromatic nitrogens is 1. The van der Waals surface area contributed by atoms with Crippen molar-refractivity contribution in [2.24, 2.45) is 0 Å². The minimum Gasteiger partial charge on any atom is -0.398 e. The summed E-state index contributed by atoms with van der Waals surface area (Å²) in [7, 11) is 0. The van der Waals surface area contributed by atoms with Gasteiger partial charge in [-0.15, -0.1) is 0 Å². The van der Waals surface area contributed by atoms with Gasteiger partial charge in [-0.05, 0) is 32.4 Å². The zero-order valence-corrected chi connectivity index (χ0v) is 13.3. The highest BCUT2D eigenvalue weighted by Gasteiger charge is 2.19. The van der Waals surface area contributed by atoms with Crippen LogP contribution < -0.4 is 11.3 Å². The van der Waals surface area contributed by atoms with Gasteiger partial charge < -0.3 is 15.2 Å². The molecule has 0 aromatic carbocycles. The number of piperazine rings is 1. The SMILES string of the molecule is CCC(C)N1CCN(CCCn2cc(N)ccc2=O)CC1. The molecule has 21 heavy (non-hydrogen) atoms. The van der Waals surface area contributed by atoms with Gasteiger partial charge in [0.2, 0.25) is 0 Å². The maximum atomic E-state index is 11.7. The average molecular weight is 292 g/mol. The highest BCUT2D eigenvalue weighted by Crippen LogP contribution is 2.09. The van der Waals surface area contributed by atoms with Crippen LogP contribution in [0.4, 0.5) is 5.69 Å². The van der Waals surface area contributed by atoms with Crippen molar-refractivity contribution in [2.45, 2.75) is 39.3 Å². The third kappa shape index (κ3) is 4.58. The lowest BCUT2D eigenvalue weighted by atomic mass is 10.2. The molecule has 1 fully saturated rings. The first kappa shape index (κ1) is 16.0. The van der Waals surface area contributed by atoms with E-state index in [1.165, 1.54) is 6.42 Å². The number of nitrogens with two attached hydrogens (primary N) is 1. The van der Waals surface area contributed by atoms with E-state index in [4.69, 9.17) is 5.73 Å². The number of hydrogen-bond donors (Lipinski definition) is 1. The number of nitrogens with zero attached hydrogens (tertiary/aromatic N) is 3. The lowest BCUT2D eigenvalue weighted by Crippen LogP contribution is -2.49. The van der Waals surface area contributed by atoms with Crippen LogP contribution in [0.2, 0.25) is 0 Å². The van der Waals surface area contributed by atoms with Gasteiger partial charge in [-0.25, -0.2) is 0 Å². The number of aryl methyl sites for hydroxylation is 1. The van der Waals surface area contributed by atoms with Crippen molar-refractivity contribution < 1.29 is 0 Å². The van der Waals surface area contributed by atoms with Crippen molar-refractivity contribution in [1.29, 1.82) is 0 Å². The Balaban J connectivity index is 1.73. The Bertz CT molecular complexity index is 491. The number of rotatable bonds is 6. The van der Waals surface area contributed by atoms with Crippen LogP contribution in [0.15, 0.2) is 23.1 Å². The molecule has 0 aliphatic carbocycles. The maximum Gasteiger partial charge on any atom is 0.250 e. The Kier molecular flexibility index (Phi) is 5.82. The lowest BCUT2D eigenvalue weighted by Gasteiger charge is -2.37. The monoisotopic (exact) mass is 292 g/mol. The maximum absolute atomic E-state index is 11.7. The first-order valence-corrected chi connectivity index (χ1v) is 8.02. The molecular formula is C16H28N4O. The third-order valence-corrected chi connectivity index (χ3v) is 4.50. The molecule has 5 heteroatoms. The zero-order chi connectivity index (χ0) is 15.2. The van der Waals surface area contributed by atoms with Crippen molar-refractivity contribution in [2.75, 3.05) is 38.5 Å². The van der Waals surface area contributed by atoms with Gasteiger partial charge in [0.25, 0.3) is 5.56 Å². The highest BCUT2D eigenvalue weighted by molar-refractivity contribution is 5.33. The molecule has 1 atom stereocenters. The molecule has 1 aliphatic heterocycles. The summed E-state index contributed by atoms with van der Waals surface area (Å²) in [5, 5.41) is 0. The van der Waals surface area contributed by atoms with Crippen LogP contribution in [-0.4, -0.2) is 53.1 Å². The Labute approximate surface area is 127 Å². The molecule has 1 aliphatic rings. The first-order valence-electron chi connectivity index (χ1n) is 8.02. The molecule has 2 heterocycles. The third-order valence-electron chi connectivity index (χ3n) is 4.50. The molecule has 1 aromatic rings. The number of pyridine rings is 1. The summed E-state index contributed by atoms with van der Waals surface area (Å²) in [5.74, 6) is 0. The standard InChI is InChI=1S/C16H28N4O/c1-3-14(2)19-11-9-18(10-12-19)7-4-8-20-13-15(17)5-6-16(20)21/h5-6,13-14H,3-4,7-12,17H2,1-2H3. The largest absolute Gasteiger partial charge is 0.398 e. The molecule has 2 rings (SSSR count). The molecule has 0 amide bonds. The smallest absolute Gasteiger partial charge is 0.250 e. The molecule has 118 valence electrons. The minimum absolute atomic E-state index is 0.0331. The topological polar surface area (TPSA) is 54.5 Å².